The lowest BCUT2D eigenvalue weighted by molar-refractivity contribution is 0.541. The summed E-state index contributed by atoms with van der Waals surface area (Å²) in [6.45, 7) is 8.51. The Bertz CT molecular complexity index is 503. The van der Waals surface area contributed by atoms with E-state index in [-0.39, 0.29) is 5.41 Å². The first-order chi connectivity index (χ1) is 6.91. The molecule has 2 aromatic heterocycles. The number of nitrogens with two attached hydrogens (primary N) is 1. The number of nitrogen functional groups attached to an aromatic ring is 1. The second-order valence-electron chi connectivity index (χ2n) is 4.96. The van der Waals surface area contributed by atoms with Gasteiger partial charge in [0.15, 0.2) is 0 Å². The summed E-state index contributed by atoms with van der Waals surface area (Å²) in [4.78, 5) is 4.46. The molecule has 0 bridgehead atoms. The average Bonchev–Trinajstić information content (AvgIpc) is 2.45. The van der Waals surface area contributed by atoms with E-state index in [2.05, 4.69) is 43.1 Å². The van der Waals surface area contributed by atoms with E-state index in [1.165, 1.54) is 5.69 Å². The summed E-state index contributed by atoms with van der Waals surface area (Å²) in [5, 5.41) is 0. The van der Waals surface area contributed by atoms with Gasteiger partial charge in [-0.05, 0) is 19.1 Å². The minimum atomic E-state index is 0.00660. The first-order valence-corrected chi connectivity index (χ1v) is 5.15. The van der Waals surface area contributed by atoms with Gasteiger partial charge in [0.05, 0.1) is 5.52 Å². The van der Waals surface area contributed by atoms with Crippen LogP contribution in [0.4, 0.5) is 5.82 Å². The van der Waals surface area contributed by atoms with Crippen molar-refractivity contribution in [2.75, 3.05) is 5.73 Å². The smallest absolute Gasteiger partial charge is 0.149 e. The molecule has 2 heterocycles. The van der Waals surface area contributed by atoms with Crippen molar-refractivity contribution in [2.24, 2.45) is 0 Å². The predicted octanol–water partition coefficient (Wildman–Crippen LogP) is 2.52. The third-order valence-electron chi connectivity index (χ3n) is 2.56. The van der Waals surface area contributed by atoms with Crippen molar-refractivity contribution in [3.63, 3.8) is 0 Å². The molecule has 0 spiro atoms. The average molecular weight is 203 g/mol. The van der Waals surface area contributed by atoms with E-state index in [1.807, 2.05) is 12.1 Å². The largest absolute Gasteiger partial charge is 0.382 e. The molecule has 0 aliphatic rings. The van der Waals surface area contributed by atoms with Gasteiger partial charge in [-0.15, -0.1) is 0 Å². The predicted molar refractivity (Wildman–Crippen MR) is 63.0 cm³/mol. The Morgan fingerprint density at radius 2 is 1.93 bits per heavy atom. The van der Waals surface area contributed by atoms with Gasteiger partial charge in [-0.2, -0.15) is 0 Å². The van der Waals surface area contributed by atoms with Gasteiger partial charge in [0.2, 0.25) is 0 Å². The molecule has 0 aliphatic carbocycles. The number of anilines is 1. The van der Waals surface area contributed by atoms with Gasteiger partial charge in [0.1, 0.15) is 11.6 Å². The molecule has 3 nitrogen and oxygen atoms in total. The van der Waals surface area contributed by atoms with E-state index >= 15 is 0 Å². The van der Waals surface area contributed by atoms with Crippen molar-refractivity contribution in [3.8, 4) is 0 Å². The lowest BCUT2D eigenvalue weighted by Gasteiger charge is -2.17. The van der Waals surface area contributed by atoms with Crippen LogP contribution in [0.25, 0.3) is 5.52 Å². The van der Waals surface area contributed by atoms with Crippen LogP contribution in [0, 0.1) is 6.92 Å². The van der Waals surface area contributed by atoms with E-state index in [0.29, 0.717) is 5.82 Å². The topological polar surface area (TPSA) is 43.3 Å². The van der Waals surface area contributed by atoms with Gasteiger partial charge in [-0.25, -0.2) is 4.98 Å². The van der Waals surface area contributed by atoms with Crippen LogP contribution in [-0.2, 0) is 5.41 Å². The molecule has 0 aromatic carbocycles. The van der Waals surface area contributed by atoms with Crippen molar-refractivity contribution in [1.29, 1.82) is 0 Å². The van der Waals surface area contributed by atoms with Gasteiger partial charge in [0, 0.05) is 11.1 Å². The minimum Gasteiger partial charge on any atom is -0.382 e. The van der Waals surface area contributed by atoms with Gasteiger partial charge in [-0.1, -0.05) is 26.8 Å². The Hall–Kier alpha value is -1.51. The van der Waals surface area contributed by atoms with Gasteiger partial charge >= 0.3 is 0 Å². The Labute approximate surface area is 89.9 Å². The molecule has 0 radical (unpaired) electrons. The zero-order valence-electron chi connectivity index (χ0n) is 9.70. The van der Waals surface area contributed by atoms with Crippen molar-refractivity contribution in [3.05, 3.63) is 29.7 Å². The number of hydrogen-bond acceptors (Lipinski definition) is 2. The van der Waals surface area contributed by atoms with Crippen molar-refractivity contribution in [2.45, 2.75) is 33.1 Å². The lowest BCUT2D eigenvalue weighted by Crippen LogP contribution is -2.16. The number of aromatic nitrogens is 2. The molecule has 0 fully saturated rings. The summed E-state index contributed by atoms with van der Waals surface area (Å²) < 4.78 is 2.13. The molecular weight excluding hydrogens is 186 g/mol. The highest BCUT2D eigenvalue weighted by molar-refractivity contribution is 5.67. The van der Waals surface area contributed by atoms with Crippen LogP contribution in [0.3, 0.4) is 0 Å². The van der Waals surface area contributed by atoms with E-state index in [1.54, 1.807) is 0 Å². The number of nitrogens with zero attached hydrogens (tertiary/aromatic N) is 2. The molecule has 0 atom stereocenters. The van der Waals surface area contributed by atoms with Crippen molar-refractivity contribution in [1.82, 2.24) is 9.38 Å². The number of fused-ring (bicyclic) bond motifs is 1. The fourth-order valence-corrected chi connectivity index (χ4v) is 1.82. The van der Waals surface area contributed by atoms with Crippen molar-refractivity contribution >= 4 is 11.3 Å². The molecule has 2 rings (SSSR count). The lowest BCUT2D eigenvalue weighted by atomic mass is 9.96. The number of imidazole rings is 1. The molecule has 0 amide bonds. The molecule has 3 heteroatoms. The highest BCUT2D eigenvalue weighted by Crippen LogP contribution is 2.26. The summed E-state index contributed by atoms with van der Waals surface area (Å²) in [6.07, 6.45) is 0. The second kappa shape index (κ2) is 2.99. The zero-order valence-corrected chi connectivity index (χ0v) is 9.70. The maximum absolute atomic E-state index is 5.91. The summed E-state index contributed by atoms with van der Waals surface area (Å²) >= 11 is 0. The third kappa shape index (κ3) is 1.48. The second-order valence-corrected chi connectivity index (χ2v) is 4.96. The molecule has 0 saturated carbocycles. The zero-order chi connectivity index (χ0) is 11.2. The first kappa shape index (κ1) is 10.0. The van der Waals surface area contributed by atoms with Crippen LogP contribution in [0.5, 0.6) is 0 Å². The third-order valence-corrected chi connectivity index (χ3v) is 2.56. The van der Waals surface area contributed by atoms with Crippen LogP contribution in [0.1, 0.15) is 32.3 Å². The van der Waals surface area contributed by atoms with Crippen molar-refractivity contribution < 1.29 is 0 Å². The number of aryl methyl sites for hydroxylation is 1. The molecule has 2 aromatic rings. The number of rotatable bonds is 0. The number of hydrogen-bond donors (Lipinski definition) is 1. The van der Waals surface area contributed by atoms with E-state index in [0.717, 1.165) is 11.3 Å². The maximum Gasteiger partial charge on any atom is 0.149 e. The molecular formula is C12H17N3. The SMILES string of the molecule is Cc1cccc2c(N)nc(C(C)(C)C)n12. The van der Waals surface area contributed by atoms with Crippen LogP contribution >= 0.6 is 0 Å². The summed E-state index contributed by atoms with van der Waals surface area (Å²) in [6, 6.07) is 6.09. The van der Waals surface area contributed by atoms with Crippen LogP contribution in [0.15, 0.2) is 18.2 Å². The standard InChI is InChI=1S/C12H17N3/c1-8-6-5-7-9-10(13)14-11(15(8)9)12(2,3)4/h5-7H,13H2,1-4H3. The normalized spacial score (nSPS) is 12.3. The monoisotopic (exact) mass is 203 g/mol. The highest BCUT2D eigenvalue weighted by Gasteiger charge is 2.22. The van der Waals surface area contributed by atoms with Crippen LogP contribution in [0.2, 0.25) is 0 Å². The molecule has 0 unspecified atom stereocenters. The van der Waals surface area contributed by atoms with Crippen LogP contribution < -0.4 is 5.73 Å². The fraction of sp³-hybridized carbons (Fsp3) is 0.417. The molecule has 0 saturated heterocycles. The van der Waals surface area contributed by atoms with Gasteiger partial charge < -0.3 is 5.73 Å². The van der Waals surface area contributed by atoms with E-state index < -0.39 is 0 Å². The Kier molecular flexibility index (Phi) is 2.00. The Morgan fingerprint density at radius 1 is 1.27 bits per heavy atom. The summed E-state index contributed by atoms with van der Waals surface area (Å²) in [5.41, 5.74) is 8.09. The molecule has 15 heavy (non-hydrogen) atoms. The van der Waals surface area contributed by atoms with Gasteiger partial charge in [0.25, 0.3) is 0 Å². The summed E-state index contributed by atoms with van der Waals surface area (Å²) in [5.74, 6) is 1.64. The quantitative estimate of drug-likeness (QED) is 0.715. The minimum absolute atomic E-state index is 0.00660. The van der Waals surface area contributed by atoms with E-state index in [9.17, 15) is 0 Å². The maximum atomic E-state index is 5.91. The molecule has 0 aliphatic heterocycles. The molecule has 2 N–H and O–H groups in total. The van der Waals surface area contributed by atoms with Gasteiger partial charge in [-0.3, -0.25) is 4.40 Å². The van der Waals surface area contributed by atoms with E-state index in [4.69, 9.17) is 5.73 Å². The first-order valence-electron chi connectivity index (χ1n) is 5.15. The highest BCUT2D eigenvalue weighted by atomic mass is 15.1. The summed E-state index contributed by atoms with van der Waals surface area (Å²) in [7, 11) is 0. The van der Waals surface area contributed by atoms with Crippen LogP contribution in [-0.4, -0.2) is 9.38 Å². The Morgan fingerprint density at radius 3 is 2.53 bits per heavy atom. The number of pyridine rings is 1. The molecule has 80 valence electrons. The Balaban J connectivity index is 2.88. The fourth-order valence-electron chi connectivity index (χ4n) is 1.82.